The molecule has 1 atom stereocenters. The van der Waals surface area contributed by atoms with E-state index in [1.807, 2.05) is 31.8 Å². The molecule has 1 N–H and O–H groups in total. The molecule has 2 heterocycles. The van der Waals surface area contributed by atoms with Crippen molar-refractivity contribution in [3.05, 3.63) is 47.3 Å². The van der Waals surface area contributed by atoms with Crippen molar-refractivity contribution in [2.45, 2.75) is 26.4 Å². The van der Waals surface area contributed by atoms with Gasteiger partial charge < -0.3 is 5.32 Å². The molecule has 0 saturated heterocycles. The summed E-state index contributed by atoms with van der Waals surface area (Å²) in [4.78, 5) is 4.06. The van der Waals surface area contributed by atoms with Crippen LogP contribution >= 0.6 is 0 Å². The average molecular weight is 248 g/mol. The van der Waals surface area contributed by atoms with Crippen LogP contribution in [0.15, 0.2) is 24.5 Å². The highest BCUT2D eigenvalue weighted by molar-refractivity contribution is 5.16. The number of aryl methyl sites for hydroxylation is 1. The monoisotopic (exact) mass is 248 g/mol. The lowest BCUT2D eigenvalue weighted by Gasteiger charge is -2.13. The Bertz CT molecular complexity index is 518. The van der Waals surface area contributed by atoms with E-state index in [1.165, 1.54) is 12.3 Å². The summed E-state index contributed by atoms with van der Waals surface area (Å²) in [6.07, 6.45) is 3.09. The van der Waals surface area contributed by atoms with Crippen LogP contribution in [-0.2, 0) is 13.6 Å². The van der Waals surface area contributed by atoms with Gasteiger partial charge in [0.1, 0.15) is 5.82 Å². The Morgan fingerprint density at radius 3 is 2.72 bits per heavy atom. The first-order chi connectivity index (χ1) is 8.58. The summed E-state index contributed by atoms with van der Waals surface area (Å²) < 4.78 is 14.6. The Labute approximate surface area is 106 Å². The highest BCUT2D eigenvalue weighted by Gasteiger charge is 2.09. The fraction of sp³-hybridized carbons (Fsp3) is 0.385. The molecular formula is C13H17FN4. The normalized spacial score (nSPS) is 12.7. The third-order valence-corrected chi connectivity index (χ3v) is 3.13. The number of halogens is 1. The van der Waals surface area contributed by atoms with Crippen LogP contribution in [-0.4, -0.2) is 14.8 Å². The van der Waals surface area contributed by atoms with Crippen molar-refractivity contribution in [1.82, 2.24) is 20.1 Å². The second-order valence-corrected chi connectivity index (χ2v) is 4.38. The SMILES string of the molecule is Cc1c(CNC(C)c2ccc(F)cn2)cnn1C. The van der Waals surface area contributed by atoms with Gasteiger partial charge in [0.25, 0.3) is 0 Å². The Hall–Kier alpha value is -1.75. The molecule has 1 unspecified atom stereocenters. The van der Waals surface area contributed by atoms with Crippen LogP contribution in [0.3, 0.4) is 0 Å². The number of nitrogens with one attached hydrogen (secondary N) is 1. The molecule has 0 spiro atoms. The first kappa shape index (κ1) is 12.7. The van der Waals surface area contributed by atoms with Gasteiger partial charge in [0, 0.05) is 30.9 Å². The van der Waals surface area contributed by atoms with E-state index in [4.69, 9.17) is 0 Å². The summed E-state index contributed by atoms with van der Waals surface area (Å²) in [6.45, 7) is 4.76. The van der Waals surface area contributed by atoms with Crippen LogP contribution in [0.1, 0.15) is 29.9 Å². The van der Waals surface area contributed by atoms with Crippen molar-refractivity contribution in [3.8, 4) is 0 Å². The van der Waals surface area contributed by atoms with Crippen molar-refractivity contribution in [1.29, 1.82) is 0 Å². The van der Waals surface area contributed by atoms with E-state index < -0.39 is 0 Å². The Kier molecular flexibility index (Phi) is 3.72. The van der Waals surface area contributed by atoms with E-state index >= 15 is 0 Å². The Balaban J connectivity index is 1.98. The number of nitrogens with zero attached hydrogens (tertiary/aromatic N) is 3. The molecular weight excluding hydrogens is 231 g/mol. The molecule has 0 aliphatic rings. The maximum atomic E-state index is 12.8. The molecule has 0 aromatic carbocycles. The standard InChI is InChI=1S/C13H17FN4/c1-9(13-5-4-12(14)8-16-13)15-6-11-7-17-18(3)10(11)2/h4-5,7-9,15H,6H2,1-3H3. The third kappa shape index (κ3) is 2.73. The lowest BCUT2D eigenvalue weighted by Crippen LogP contribution is -2.19. The maximum Gasteiger partial charge on any atom is 0.141 e. The third-order valence-electron chi connectivity index (χ3n) is 3.13. The van der Waals surface area contributed by atoms with E-state index in [0.717, 1.165) is 23.5 Å². The molecule has 0 aliphatic heterocycles. The number of aromatic nitrogens is 3. The lowest BCUT2D eigenvalue weighted by molar-refractivity contribution is 0.553. The second kappa shape index (κ2) is 5.27. The largest absolute Gasteiger partial charge is 0.305 e. The van der Waals surface area contributed by atoms with Crippen LogP contribution in [0.5, 0.6) is 0 Å². The van der Waals surface area contributed by atoms with Gasteiger partial charge in [-0.2, -0.15) is 5.10 Å². The van der Waals surface area contributed by atoms with Crippen LogP contribution < -0.4 is 5.32 Å². The van der Waals surface area contributed by atoms with Gasteiger partial charge in [0.05, 0.1) is 18.1 Å². The highest BCUT2D eigenvalue weighted by atomic mass is 19.1. The van der Waals surface area contributed by atoms with Gasteiger partial charge in [0.15, 0.2) is 0 Å². The van der Waals surface area contributed by atoms with Crippen molar-refractivity contribution in [3.63, 3.8) is 0 Å². The molecule has 0 aliphatic carbocycles. The van der Waals surface area contributed by atoms with E-state index in [0.29, 0.717) is 0 Å². The maximum absolute atomic E-state index is 12.8. The molecule has 96 valence electrons. The summed E-state index contributed by atoms with van der Waals surface area (Å²) in [7, 11) is 1.92. The average Bonchev–Trinajstić information content (AvgIpc) is 2.68. The molecule has 2 aromatic heterocycles. The first-order valence-corrected chi connectivity index (χ1v) is 5.90. The Morgan fingerprint density at radius 2 is 2.17 bits per heavy atom. The van der Waals surface area contributed by atoms with E-state index in [-0.39, 0.29) is 11.9 Å². The summed E-state index contributed by atoms with van der Waals surface area (Å²) >= 11 is 0. The number of pyridine rings is 1. The van der Waals surface area contributed by atoms with Crippen molar-refractivity contribution >= 4 is 0 Å². The van der Waals surface area contributed by atoms with Crippen LogP contribution in [0.2, 0.25) is 0 Å². The molecule has 2 rings (SSSR count). The first-order valence-electron chi connectivity index (χ1n) is 5.90. The van der Waals surface area contributed by atoms with Crippen molar-refractivity contribution in [2.24, 2.45) is 7.05 Å². The van der Waals surface area contributed by atoms with Crippen LogP contribution in [0.4, 0.5) is 4.39 Å². The molecule has 0 radical (unpaired) electrons. The van der Waals surface area contributed by atoms with Crippen LogP contribution in [0.25, 0.3) is 0 Å². The quantitative estimate of drug-likeness (QED) is 0.901. The smallest absolute Gasteiger partial charge is 0.141 e. The van der Waals surface area contributed by atoms with Gasteiger partial charge >= 0.3 is 0 Å². The predicted molar refractivity (Wildman–Crippen MR) is 67.4 cm³/mol. The van der Waals surface area contributed by atoms with E-state index in [1.54, 1.807) is 6.07 Å². The number of hydrogen-bond donors (Lipinski definition) is 1. The Morgan fingerprint density at radius 1 is 1.39 bits per heavy atom. The fourth-order valence-corrected chi connectivity index (χ4v) is 1.73. The van der Waals surface area contributed by atoms with Gasteiger partial charge in [-0.1, -0.05) is 0 Å². The predicted octanol–water partition coefficient (Wildman–Crippen LogP) is 2.11. The molecule has 4 nitrogen and oxygen atoms in total. The highest BCUT2D eigenvalue weighted by Crippen LogP contribution is 2.12. The van der Waals surface area contributed by atoms with Gasteiger partial charge in [-0.15, -0.1) is 0 Å². The van der Waals surface area contributed by atoms with E-state index in [2.05, 4.69) is 15.4 Å². The summed E-state index contributed by atoms with van der Waals surface area (Å²) in [6, 6.07) is 3.20. The van der Waals surface area contributed by atoms with E-state index in [9.17, 15) is 4.39 Å². The van der Waals surface area contributed by atoms with Gasteiger partial charge in [0.2, 0.25) is 0 Å². The fourth-order valence-electron chi connectivity index (χ4n) is 1.73. The minimum Gasteiger partial charge on any atom is -0.305 e. The molecule has 0 saturated carbocycles. The zero-order chi connectivity index (χ0) is 13.1. The summed E-state index contributed by atoms with van der Waals surface area (Å²) in [5.41, 5.74) is 3.13. The molecule has 5 heteroatoms. The van der Waals surface area contributed by atoms with Crippen molar-refractivity contribution < 1.29 is 4.39 Å². The second-order valence-electron chi connectivity index (χ2n) is 4.38. The van der Waals surface area contributed by atoms with Gasteiger partial charge in [-0.05, 0) is 26.0 Å². The topological polar surface area (TPSA) is 42.7 Å². The number of rotatable bonds is 4. The lowest BCUT2D eigenvalue weighted by atomic mass is 10.2. The molecule has 0 amide bonds. The minimum absolute atomic E-state index is 0.0743. The summed E-state index contributed by atoms with van der Waals surface area (Å²) in [5, 5.41) is 7.54. The zero-order valence-corrected chi connectivity index (χ0v) is 10.8. The van der Waals surface area contributed by atoms with Gasteiger partial charge in [-0.25, -0.2) is 4.39 Å². The summed E-state index contributed by atoms with van der Waals surface area (Å²) in [5.74, 6) is -0.311. The molecule has 2 aromatic rings. The minimum atomic E-state index is -0.311. The molecule has 18 heavy (non-hydrogen) atoms. The van der Waals surface area contributed by atoms with Crippen molar-refractivity contribution in [2.75, 3.05) is 0 Å². The van der Waals surface area contributed by atoms with Crippen LogP contribution in [0, 0.1) is 12.7 Å². The van der Waals surface area contributed by atoms with Gasteiger partial charge in [-0.3, -0.25) is 9.67 Å². The number of hydrogen-bond acceptors (Lipinski definition) is 3. The zero-order valence-electron chi connectivity index (χ0n) is 10.8. The molecule has 0 fully saturated rings. The molecule has 0 bridgehead atoms.